The number of nitrogens with one attached hydrogen (secondary N) is 2. The van der Waals surface area contributed by atoms with E-state index in [4.69, 9.17) is 18.4 Å². The average Bonchev–Trinajstić information content (AvgIpc) is 2.67. The highest BCUT2D eigenvalue weighted by Gasteiger charge is 2.32. The van der Waals surface area contributed by atoms with E-state index < -0.39 is 51.6 Å². The van der Waals surface area contributed by atoms with Crippen LogP contribution in [0.2, 0.25) is 0 Å². The monoisotopic (exact) mass is 516 g/mol. The minimum absolute atomic E-state index is 0.00497. The summed E-state index contributed by atoms with van der Waals surface area (Å²) in [5.41, 5.74) is -0.953. The van der Waals surface area contributed by atoms with Crippen molar-refractivity contribution in [2.75, 3.05) is 12.8 Å². The Morgan fingerprint density at radius 3 is 2.00 bits per heavy atom. The summed E-state index contributed by atoms with van der Waals surface area (Å²) in [5, 5.41) is 4.81. The summed E-state index contributed by atoms with van der Waals surface area (Å²) in [6.07, 6.45) is -2.44. The topological polar surface area (TPSA) is 146 Å². The summed E-state index contributed by atoms with van der Waals surface area (Å²) in [6.45, 7) is 9.56. The lowest BCUT2D eigenvalue weighted by Gasteiger charge is -2.28. The predicted octanol–water partition coefficient (Wildman–Crippen LogP) is 2.88. The van der Waals surface area contributed by atoms with Gasteiger partial charge in [-0.05, 0) is 47.1 Å². The molecule has 2 N–H and O–H groups in total. The van der Waals surface area contributed by atoms with Gasteiger partial charge in [-0.15, -0.1) is 0 Å². The summed E-state index contributed by atoms with van der Waals surface area (Å²) in [6, 6.07) is 7.64. The number of carbonyl (C=O) groups is 3. The Morgan fingerprint density at radius 1 is 0.914 bits per heavy atom. The van der Waals surface area contributed by atoms with Gasteiger partial charge >= 0.3 is 18.2 Å². The first-order valence-corrected chi connectivity index (χ1v) is 12.8. The molecule has 0 aliphatic heterocycles. The maximum absolute atomic E-state index is 12.7. The molecule has 2 atom stereocenters. The SMILES string of the molecule is CC(C)(C)OC(=O)N[C@@H](C[C@H](CNC(=O)OCc1ccccc1)OS(C)(=O)=O)C(=O)OC(C)(C)C. The Labute approximate surface area is 207 Å². The number of hydrogen-bond donors (Lipinski definition) is 2. The molecule has 0 aliphatic rings. The van der Waals surface area contributed by atoms with E-state index in [-0.39, 0.29) is 19.6 Å². The van der Waals surface area contributed by atoms with Crippen molar-refractivity contribution < 1.29 is 41.2 Å². The summed E-state index contributed by atoms with van der Waals surface area (Å²) in [5.74, 6) is -0.822. The molecule has 12 heteroatoms. The van der Waals surface area contributed by atoms with Crippen LogP contribution >= 0.6 is 0 Å². The van der Waals surface area contributed by atoms with Gasteiger partial charge in [0.2, 0.25) is 0 Å². The minimum atomic E-state index is -3.98. The molecule has 0 aliphatic carbocycles. The molecule has 0 unspecified atom stereocenters. The van der Waals surface area contributed by atoms with Gasteiger partial charge in [0.25, 0.3) is 10.1 Å². The molecular weight excluding hydrogens is 480 g/mol. The second-order valence-corrected chi connectivity index (χ2v) is 11.4. The van der Waals surface area contributed by atoms with Gasteiger partial charge in [0, 0.05) is 13.0 Å². The first-order chi connectivity index (χ1) is 15.9. The molecule has 35 heavy (non-hydrogen) atoms. The number of hydrogen-bond acceptors (Lipinski definition) is 9. The van der Waals surface area contributed by atoms with Crippen molar-refractivity contribution in [3.63, 3.8) is 0 Å². The first kappa shape index (κ1) is 30.2. The van der Waals surface area contributed by atoms with E-state index in [1.165, 1.54) is 0 Å². The number of alkyl carbamates (subject to hydrolysis) is 2. The lowest BCUT2D eigenvalue weighted by molar-refractivity contribution is -0.158. The highest BCUT2D eigenvalue weighted by molar-refractivity contribution is 7.86. The van der Waals surface area contributed by atoms with E-state index in [9.17, 15) is 22.8 Å². The number of rotatable bonds is 10. The fourth-order valence-corrected chi connectivity index (χ4v) is 3.32. The molecule has 11 nitrogen and oxygen atoms in total. The third-order valence-electron chi connectivity index (χ3n) is 3.88. The lowest BCUT2D eigenvalue weighted by Crippen LogP contribution is -2.49. The van der Waals surface area contributed by atoms with Crippen LogP contribution in [0, 0.1) is 0 Å². The van der Waals surface area contributed by atoms with Crippen molar-refractivity contribution in [1.82, 2.24) is 10.6 Å². The van der Waals surface area contributed by atoms with Gasteiger partial charge in [0.05, 0.1) is 12.4 Å². The first-order valence-electron chi connectivity index (χ1n) is 11.0. The van der Waals surface area contributed by atoms with E-state index in [0.29, 0.717) is 0 Å². The summed E-state index contributed by atoms with van der Waals surface area (Å²) >= 11 is 0. The highest BCUT2D eigenvalue weighted by atomic mass is 32.2. The van der Waals surface area contributed by atoms with Crippen molar-refractivity contribution in [3.8, 4) is 0 Å². The van der Waals surface area contributed by atoms with Gasteiger partial charge in [-0.25, -0.2) is 14.4 Å². The molecule has 0 radical (unpaired) electrons. The summed E-state index contributed by atoms with van der Waals surface area (Å²) in [7, 11) is -3.98. The molecule has 1 aromatic rings. The molecule has 0 spiro atoms. The molecule has 0 heterocycles. The summed E-state index contributed by atoms with van der Waals surface area (Å²) in [4.78, 5) is 37.2. The quantitative estimate of drug-likeness (QED) is 0.272. The third kappa shape index (κ3) is 14.9. The number of ether oxygens (including phenoxy) is 3. The molecule has 0 saturated heterocycles. The minimum Gasteiger partial charge on any atom is -0.458 e. The number of benzene rings is 1. The van der Waals surface area contributed by atoms with Gasteiger partial charge < -0.3 is 24.8 Å². The van der Waals surface area contributed by atoms with Crippen molar-refractivity contribution in [3.05, 3.63) is 35.9 Å². The fourth-order valence-electron chi connectivity index (χ4n) is 2.67. The molecule has 1 aromatic carbocycles. The normalized spacial score (nSPS) is 13.8. The van der Waals surface area contributed by atoms with E-state index >= 15 is 0 Å². The number of esters is 1. The van der Waals surface area contributed by atoms with E-state index in [1.807, 2.05) is 6.07 Å². The Bertz CT molecular complexity index is 951. The zero-order valence-electron chi connectivity index (χ0n) is 21.2. The third-order valence-corrected chi connectivity index (χ3v) is 4.50. The van der Waals surface area contributed by atoms with Crippen LogP contribution in [0.5, 0.6) is 0 Å². The van der Waals surface area contributed by atoms with Gasteiger partial charge in [-0.1, -0.05) is 30.3 Å². The Balaban J connectivity index is 2.92. The van der Waals surface area contributed by atoms with Crippen LogP contribution < -0.4 is 10.6 Å². The summed E-state index contributed by atoms with van der Waals surface area (Å²) < 4.78 is 44.3. The second-order valence-electron chi connectivity index (χ2n) is 9.83. The molecule has 0 fully saturated rings. The van der Waals surface area contributed by atoms with E-state index in [2.05, 4.69) is 10.6 Å². The van der Waals surface area contributed by atoms with Gasteiger partial charge in [-0.2, -0.15) is 8.42 Å². The van der Waals surface area contributed by atoms with E-state index in [0.717, 1.165) is 11.8 Å². The van der Waals surface area contributed by atoms with Crippen LogP contribution in [0.15, 0.2) is 30.3 Å². The molecule has 0 bridgehead atoms. The second kappa shape index (κ2) is 12.7. The fraction of sp³-hybridized carbons (Fsp3) is 0.609. The molecule has 2 amide bonds. The predicted molar refractivity (Wildman–Crippen MR) is 128 cm³/mol. The molecule has 0 aromatic heterocycles. The van der Waals surface area contributed by atoms with Gasteiger partial charge in [0.15, 0.2) is 0 Å². The van der Waals surface area contributed by atoms with Crippen LogP contribution in [0.1, 0.15) is 53.5 Å². The zero-order chi connectivity index (χ0) is 26.9. The van der Waals surface area contributed by atoms with Gasteiger partial charge in [-0.3, -0.25) is 4.18 Å². The molecule has 1 rings (SSSR count). The Hall–Kier alpha value is -2.86. The smallest absolute Gasteiger partial charge is 0.408 e. The molecule has 198 valence electrons. The largest absolute Gasteiger partial charge is 0.458 e. The van der Waals surface area contributed by atoms with Gasteiger partial charge in [0.1, 0.15) is 23.9 Å². The molecular formula is C23H36N2O9S. The van der Waals surface area contributed by atoms with Crippen molar-refractivity contribution in [1.29, 1.82) is 0 Å². The van der Waals surface area contributed by atoms with E-state index in [1.54, 1.807) is 65.8 Å². The maximum atomic E-state index is 12.7. The number of carbonyl (C=O) groups excluding carboxylic acids is 3. The van der Waals surface area contributed by atoms with Crippen molar-refractivity contribution in [2.24, 2.45) is 0 Å². The lowest BCUT2D eigenvalue weighted by atomic mass is 10.1. The standard InChI is InChI=1S/C23H36N2O9S/c1-22(2,3)32-19(26)18(25-21(28)33-23(4,5)6)13-17(34-35(7,29)30)14-24-20(27)31-15-16-11-9-8-10-12-16/h8-12,17-18H,13-15H2,1-7H3,(H,24,27)(H,25,28)/t17-,18+/m1/s1. The average molecular weight is 517 g/mol. The van der Waals surface area contributed by atoms with Crippen molar-refractivity contribution >= 4 is 28.3 Å². The van der Waals surface area contributed by atoms with Crippen LogP contribution in [-0.2, 0) is 39.9 Å². The molecule has 0 saturated carbocycles. The van der Waals surface area contributed by atoms with Crippen LogP contribution in [0.3, 0.4) is 0 Å². The number of amides is 2. The Morgan fingerprint density at radius 2 is 1.49 bits per heavy atom. The highest BCUT2D eigenvalue weighted by Crippen LogP contribution is 2.15. The van der Waals surface area contributed by atoms with Crippen LogP contribution in [0.4, 0.5) is 9.59 Å². The van der Waals surface area contributed by atoms with Crippen molar-refractivity contribution in [2.45, 2.75) is 77.9 Å². The van der Waals surface area contributed by atoms with Crippen LogP contribution in [0.25, 0.3) is 0 Å². The maximum Gasteiger partial charge on any atom is 0.408 e. The Kier molecular flexibility index (Phi) is 11.0. The zero-order valence-corrected chi connectivity index (χ0v) is 22.1. The van der Waals surface area contributed by atoms with Crippen LogP contribution in [-0.4, -0.2) is 62.7 Å².